The normalized spacial score (nSPS) is 16.7. The van der Waals surface area contributed by atoms with Crippen LogP contribution in [0.15, 0.2) is 47.1 Å². The number of fused-ring (bicyclic) bond motifs is 1. The third kappa shape index (κ3) is 4.51. The van der Waals surface area contributed by atoms with E-state index in [1.165, 1.54) is 11.1 Å². The maximum Gasteiger partial charge on any atom is 0.227 e. The zero-order valence-electron chi connectivity index (χ0n) is 20.9. The average Bonchev–Trinajstić information content (AvgIpc) is 3.22. The fourth-order valence-electron chi connectivity index (χ4n) is 4.53. The molecule has 1 unspecified atom stereocenters. The minimum atomic E-state index is -0.216. The molecule has 5 nitrogen and oxygen atoms in total. The summed E-state index contributed by atoms with van der Waals surface area (Å²) in [7, 11) is 0. The standard InChI is InChI=1S/C28H36N2O3/c1-8-32-26-20-12-10-9-11-18(20)13-14-30(26)23-17-33-25(29-23)19-15-21(27(2,3)4)24(31)22(16-19)28(5,6)7/h9-12,15-17,26,31H,8,13-14H2,1-7H3. The van der Waals surface area contributed by atoms with Crippen LogP contribution in [-0.2, 0) is 22.0 Å². The number of nitrogens with zero attached hydrogens (tertiary/aromatic N) is 2. The number of hydrogen-bond acceptors (Lipinski definition) is 5. The molecule has 1 N–H and O–H groups in total. The van der Waals surface area contributed by atoms with Gasteiger partial charge in [-0.3, -0.25) is 0 Å². The fourth-order valence-corrected chi connectivity index (χ4v) is 4.53. The van der Waals surface area contributed by atoms with Gasteiger partial charge in [0.15, 0.2) is 12.0 Å². The van der Waals surface area contributed by atoms with Crippen molar-refractivity contribution in [2.24, 2.45) is 0 Å². The Morgan fingerprint density at radius 3 is 2.30 bits per heavy atom. The molecule has 0 bridgehead atoms. The molecule has 4 rings (SSSR count). The number of phenols is 1. The lowest BCUT2D eigenvalue weighted by molar-refractivity contribution is 0.0549. The molecule has 1 aliphatic heterocycles. The molecule has 2 aromatic carbocycles. The molecule has 0 aliphatic carbocycles. The lowest BCUT2D eigenvalue weighted by Gasteiger charge is -2.36. The number of benzene rings is 2. The summed E-state index contributed by atoms with van der Waals surface area (Å²) in [5.41, 5.74) is 4.73. The van der Waals surface area contributed by atoms with E-state index in [1.54, 1.807) is 6.26 Å². The molecule has 3 aromatic rings. The maximum absolute atomic E-state index is 11.1. The Bertz CT molecular complexity index is 1100. The minimum absolute atomic E-state index is 0.187. The van der Waals surface area contributed by atoms with Crippen LogP contribution in [0, 0.1) is 0 Å². The molecular formula is C28H36N2O3. The predicted molar refractivity (Wildman–Crippen MR) is 133 cm³/mol. The number of anilines is 1. The molecule has 33 heavy (non-hydrogen) atoms. The van der Waals surface area contributed by atoms with Crippen LogP contribution in [0.25, 0.3) is 11.5 Å². The summed E-state index contributed by atoms with van der Waals surface area (Å²) in [6, 6.07) is 12.5. The Balaban J connectivity index is 1.76. The second-order valence-electron chi connectivity index (χ2n) is 10.9. The van der Waals surface area contributed by atoms with Crippen LogP contribution in [-0.4, -0.2) is 23.2 Å². The SMILES string of the molecule is CCOC1c2ccccc2CCN1c1coc(-c2cc(C(C)(C)C)c(O)c(C(C)(C)C)c2)n1. The summed E-state index contributed by atoms with van der Waals surface area (Å²) < 4.78 is 12.1. The van der Waals surface area contributed by atoms with E-state index in [4.69, 9.17) is 14.1 Å². The highest BCUT2D eigenvalue weighted by atomic mass is 16.5. The molecular weight excluding hydrogens is 412 g/mol. The third-order valence-corrected chi connectivity index (χ3v) is 6.31. The van der Waals surface area contributed by atoms with Crippen molar-refractivity contribution >= 4 is 5.82 Å². The van der Waals surface area contributed by atoms with Gasteiger partial charge in [0.2, 0.25) is 5.89 Å². The van der Waals surface area contributed by atoms with Crippen molar-refractivity contribution in [3.63, 3.8) is 0 Å². The van der Waals surface area contributed by atoms with E-state index >= 15 is 0 Å². The van der Waals surface area contributed by atoms with Gasteiger partial charge in [-0.05, 0) is 41.9 Å². The zero-order chi connectivity index (χ0) is 24.0. The summed E-state index contributed by atoms with van der Waals surface area (Å²) in [6.45, 7) is 16.1. The number of phenolic OH excluding ortho intramolecular Hbond substituents is 1. The van der Waals surface area contributed by atoms with Crippen molar-refractivity contribution in [2.75, 3.05) is 18.1 Å². The van der Waals surface area contributed by atoms with Gasteiger partial charge in [-0.1, -0.05) is 65.8 Å². The van der Waals surface area contributed by atoms with Gasteiger partial charge in [0, 0.05) is 35.4 Å². The molecule has 176 valence electrons. The molecule has 1 aliphatic rings. The van der Waals surface area contributed by atoms with Gasteiger partial charge in [0.25, 0.3) is 0 Å². The lowest BCUT2D eigenvalue weighted by Crippen LogP contribution is -2.37. The van der Waals surface area contributed by atoms with Crippen LogP contribution in [0.4, 0.5) is 5.82 Å². The van der Waals surface area contributed by atoms with Crippen LogP contribution in [0.5, 0.6) is 5.75 Å². The number of ether oxygens (including phenoxy) is 1. The highest BCUT2D eigenvalue weighted by Crippen LogP contribution is 2.42. The van der Waals surface area contributed by atoms with Gasteiger partial charge >= 0.3 is 0 Å². The first-order valence-corrected chi connectivity index (χ1v) is 11.8. The molecule has 5 heteroatoms. The molecule has 0 radical (unpaired) electrons. The third-order valence-electron chi connectivity index (χ3n) is 6.31. The van der Waals surface area contributed by atoms with Gasteiger partial charge in [-0.25, -0.2) is 0 Å². The van der Waals surface area contributed by atoms with Crippen LogP contribution >= 0.6 is 0 Å². The van der Waals surface area contributed by atoms with E-state index in [0.29, 0.717) is 18.2 Å². The van der Waals surface area contributed by atoms with Gasteiger partial charge in [-0.2, -0.15) is 4.98 Å². The predicted octanol–water partition coefficient (Wildman–Crippen LogP) is 6.74. The smallest absolute Gasteiger partial charge is 0.227 e. The van der Waals surface area contributed by atoms with Gasteiger partial charge in [0.1, 0.15) is 12.0 Å². The molecule has 0 saturated carbocycles. The minimum Gasteiger partial charge on any atom is -0.507 e. The van der Waals surface area contributed by atoms with E-state index in [9.17, 15) is 5.11 Å². The van der Waals surface area contributed by atoms with Crippen LogP contribution in [0.3, 0.4) is 0 Å². The Labute approximate surface area is 197 Å². The second kappa shape index (κ2) is 8.53. The summed E-state index contributed by atoms with van der Waals surface area (Å²) in [4.78, 5) is 7.06. The molecule has 1 aromatic heterocycles. The first-order valence-electron chi connectivity index (χ1n) is 11.8. The fraction of sp³-hybridized carbons (Fsp3) is 0.464. The Morgan fingerprint density at radius 2 is 1.70 bits per heavy atom. The number of aromatic nitrogens is 1. The van der Waals surface area contributed by atoms with E-state index in [2.05, 4.69) is 70.7 Å². The summed E-state index contributed by atoms with van der Waals surface area (Å²) in [6.07, 6.45) is 2.46. The summed E-state index contributed by atoms with van der Waals surface area (Å²) in [5, 5.41) is 11.1. The Kier molecular flexibility index (Phi) is 6.04. The second-order valence-corrected chi connectivity index (χ2v) is 10.9. The van der Waals surface area contributed by atoms with Crippen molar-refractivity contribution in [3.8, 4) is 17.2 Å². The molecule has 1 atom stereocenters. The number of rotatable bonds is 4. The summed E-state index contributed by atoms with van der Waals surface area (Å²) >= 11 is 0. The molecule has 0 saturated heterocycles. The Morgan fingerprint density at radius 1 is 1.06 bits per heavy atom. The number of aromatic hydroxyl groups is 1. The van der Waals surface area contributed by atoms with Gasteiger partial charge in [-0.15, -0.1) is 0 Å². The quantitative estimate of drug-likeness (QED) is 0.479. The largest absolute Gasteiger partial charge is 0.507 e. The topological polar surface area (TPSA) is 58.7 Å². The van der Waals surface area contributed by atoms with Crippen molar-refractivity contribution in [1.29, 1.82) is 0 Å². The maximum atomic E-state index is 11.1. The van der Waals surface area contributed by atoms with Crippen LogP contribution in [0.1, 0.15) is 76.9 Å². The van der Waals surface area contributed by atoms with E-state index in [0.717, 1.165) is 35.5 Å². The van der Waals surface area contributed by atoms with Crippen LogP contribution in [0.2, 0.25) is 0 Å². The molecule has 2 heterocycles. The first kappa shape index (κ1) is 23.4. The zero-order valence-corrected chi connectivity index (χ0v) is 20.9. The average molecular weight is 449 g/mol. The van der Waals surface area contributed by atoms with Crippen LogP contribution < -0.4 is 4.90 Å². The number of hydrogen-bond donors (Lipinski definition) is 1. The number of oxazole rings is 1. The highest BCUT2D eigenvalue weighted by molar-refractivity contribution is 5.64. The molecule has 0 spiro atoms. The van der Waals surface area contributed by atoms with Gasteiger partial charge < -0.3 is 19.2 Å². The molecule has 0 fully saturated rings. The van der Waals surface area contributed by atoms with E-state index < -0.39 is 0 Å². The van der Waals surface area contributed by atoms with Crippen molar-refractivity contribution in [2.45, 2.75) is 71.9 Å². The lowest BCUT2D eigenvalue weighted by atomic mass is 9.78. The first-order chi connectivity index (χ1) is 15.5. The van der Waals surface area contributed by atoms with Crippen molar-refractivity contribution < 1.29 is 14.3 Å². The Hall–Kier alpha value is -2.79. The monoisotopic (exact) mass is 448 g/mol. The van der Waals surface area contributed by atoms with Crippen molar-refractivity contribution in [3.05, 3.63) is 64.9 Å². The van der Waals surface area contributed by atoms with E-state index in [1.807, 2.05) is 19.1 Å². The summed E-state index contributed by atoms with van der Waals surface area (Å²) in [5.74, 6) is 1.67. The highest BCUT2D eigenvalue weighted by Gasteiger charge is 2.31. The van der Waals surface area contributed by atoms with Crippen molar-refractivity contribution in [1.82, 2.24) is 4.98 Å². The molecule has 0 amide bonds. The van der Waals surface area contributed by atoms with E-state index in [-0.39, 0.29) is 17.1 Å². The van der Waals surface area contributed by atoms with Gasteiger partial charge in [0.05, 0.1) is 0 Å².